The molecule has 4 rings (SSSR count). The van der Waals surface area contributed by atoms with Crippen LogP contribution in [0.25, 0.3) is 11.6 Å². The number of ether oxygens (including phenoxy) is 1. The van der Waals surface area contributed by atoms with Gasteiger partial charge in [-0.15, -0.1) is 0 Å². The summed E-state index contributed by atoms with van der Waals surface area (Å²) >= 11 is 0. The number of nitriles is 1. The zero-order valence-corrected chi connectivity index (χ0v) is 15.6. The lowest BCUT2D eigenvalue weighted by atomic mass is 10.0. The molecule has 2 aromatic heterocycles. The van der Waals surface area contributed by atoms with E-state index in [4.69, 9.17) is 4.74 Å². The minimum Gasteiger partial charge on any atom is -0.487 e. The van der Waals surface area contributed by atoms with Crippen LogP contribution in [-0.4, -0.2) is 40.2 Å². The molecule has 28 heavy (non-hydrogen) atoms. The first-order valence-electron chi connectivity index (χ1n) is 9.15. The molecule has 2 aliphatic rings. The van der Waals surface area contributed by atoms with E-state index in [1.807, 2.05) is 19.3 Å². The molecule has 4 heterocycles. The van der Waals surface area contributed by atoms with Crippen molar-refractivity contribution in [2.24, 2.45) is 12.0 Å². The number of piperidine rings is 1. The van der Waals surface area contributed by atoms with Crippen molar-refractivity contribution in [3.63, 3.8) is 0 Å². The number of aryl methyl sites for hydroxylation is 1. The fourth-order valence-electron chi connectivity index (χ4n) is 3.29. The largest absolute Gasteiger partial charge is 0.487 e. The average molecular weight is 375 g/mol. The molecule has 0 aliphatic carbocycles. The number of hydrogen-bond acceptors (Lipinski definition) is 7. The quantitative estimate of drug-likeness (QED) is 0.854. The van der Waals surface area contributed by atoms with Crippen molar-refractivity contribution in [2.75, 3.05) is 18.4 Å². The molecular weight excluding hydrogens is 354 g/mol. The van der Waals surface area contributed by atoms with Gasteiger partial charge in [-0.25, -0.2) is 9.98 Å². The van der Waals surface area contributed by atoms with Crippen molar-refractivity contribution in [1.29, 1.82) is 5.26 Å². The summed E-state index contributed by atoms with van der Waals surface area (Å²) in [4.78, 5) is 8.64. The highest BCUT2D eigenvalue weighted by molar-refractivity contribution is 6.17. The third-order valence-corrected chi connectivity index (χ3v) is 4.73. The minimum atomic E-state index is 0.0409. The second-order valence-corrected chi connectivity index (χ2v) is 6.77. The number of allylic oxidation sites excluding steroid dienone is 1. The van der Waals surface area contributed by atoms with Crippen molar-refractivity contribution in [3.8, 4) is 11.8 Å². The smallest absolute Gasteiger partial charge is 0.183 e. The molecule has 0 saturated carbocycles. The van der Waals surface area contributed by atoms with E-state index < -0.39 is 0 Å². The number of rotatable bonds is 3. The van der Waals surface area contributed by atoms with Crippen LogP contribution in [0.15, 0.2) is 36.0 Å². The Labute approximate surface area is 163 Å². The van der Waals surface area contributed by atoms with Gasteiger partial charge >= 0.3 is 0 Å². The number of anilines is 1. The number of nitrogens with one attached hydrogen (secondary N) is 2. The van der Waals surface area contributed by atoms with Gasteiger partial charge in [-0.2, -0.15) is 10.4 Å². The predicted octanol–water partition coefficient (Wildman–Crippen LogP) is 2.33. The molecule has 0 aromatic carbocycles. The lowest BCUT2D eigenvalue weighted by Gasteiger charge is -2.26. The molecule has 0 bridgehead atoms. The Morgan fingerprint density at radius 3 is 2.86 bits per heavy atom. The van der Waals surface area contributed by atoms with Crippen LogP contribution in [0.5, 0.6) is 5.75 Å². The molecule has 0 amide bonds. The van der Waals surface area contributed by atoms with E-state index in [1.54, 1.807) is 23.3 Å². The molecule has 2 aliphatic heterocycles. The summed E-state index contributed by atoms with van der Waals surface area (Å²) in [6.45, 7) is 5.73. The predicted molar refractivity (Wildman–Crippen MR) is 108 cm³/mol. The zero-order chi connectivity index (χ0) is 19.5. The molecule has 0 spiro atoms. The van der Waals surface area contributed by atoms with Gasteiger partial charge in [-0.3, -0.25) is 4.68 Å². The van der Waals surface area contributed by atoms with Gasteiger partial charge in [0.25, 0.3) is 0 Å². The molecule has 0 atom stereocenters. The second-order valence-electron chi connectivity index (χ2n) is 6.77. The molecule has 1 saturated heterocycles. The Bertz CT molecular complexity index is 1010. The van der Waals surface area contributed by atoms with Crippen LogP contribution in [0.4, 0.5) is 5.69 Å². The molecular formula is C20H21N7O. The van der Waals surface area contributed by atoms with Crippen molar-refractivity contribution in [2.45, 2.75) is 18.9 Å². The molecule has 2 N–H and O–H groups in total. The van der Waals surface area contributed by atoms with Crippen LogP contribution in [-0.2, 0) is 7.05 Å². The molecule has 1 fully saturated rings. The maximum absolute atomic E-state index is 9.61. The van der Waals surface area contributed by atoms with Crippen molar-refractivity contribution in [3.05, 3.63) is 47.8 Å². The fraction of sp³-hybridized carbons (Fsp3) is 0.300. The summed E-state index contributed by atoms with van der Waals surface area (Å²) in [5.74, 6) is 0.971. The summed E-state index contributed by atoms with van der Waals surface area (Å²) in [5.41, 5.74) is 3.49. The Morgan fingerprint density at radius 2 is 2.14 bits per heavy atom. The third kappa shape index (κ3) is 3.66. The SMILES string of the molecule is C=C1N=CC(c2cnn(C)c2)=Cc2c(cnc(C#N)c2OC2CCNCC2)N1. The number of pyridine rings is 1. The van der Waals surface area contributed by atoms with Gasteiger partial charge in [0.05, 0.1) is 18.1 Å². The summed E-state index contributed by atoms with van der Waals surface area (Å²) in [5, 5.41) is 20.3. The van der Waals surface area contributed by atoms with Crippen molar-refractivity contribution in [1.82, 2.24) is 20.1 Å². The molecule has 0 unspecified atom stereocenters. The lowest BCUT2D eigenvalue weighted by molar-refractivity contribution is 0.161. The van der Waals surface area contributed by atoms with E-state index in [9.17, 15) is 5.26 Å². The first-order chi connectivity index (χ1) is 13.6. The monoisotopic (exact) mass is 375 g/mol. The summed E-state index contributed by atoms with van der Waals surface area (Å²) < 4.78 is 8.02. The van der Waals surface area contributed by atoms with Crippen LogP contribution in [0.1, 0.15) is 29.7 Å². The molecule has 142 valence electrons. The Morgan fingerprint density at radius 1 is 1.32 bits per heavy atom. The van der Waals surface area contributed by atoms with Crippen LogP contribution < -0.4 is 15.4 Å². The first-order valence-corrected chi connectivity index (χ1v) is 9.15. The van der Waals surface area contributed by atoms with Gasteiger partial charge in [0.15, 0.2) is 11.4 Å². The summed E-state index contributed by atoms with van der Waals surface area (Å²) in [6.07, 6.45) is 10.8. The van der Waals surface area contributed by atoms with Gasteiger partial charge in [0.2, 0.25) is 0 Å². The van der Waals surface area contributed by atoms with Crippen LogP contribution in [0.3, 0.4) is 0 Å². The maximum Gasteiger partial charge on any atom is 0.183 e. The second kappa shape index (κ2) is 7.66. The summed E-state index contributed by atoms with van der Waals surface area (Å²) in [7, 11) is 1.86. The van der Waals surface area contributed by atoms with Gasteiger partial charge in [-0.05, 0) is 32.0 Å². The maximum atomic E-state index is 9.61. The molecule has 2 aromatic rings. The Kier molecular flexibility index (Phi) is 4.91. The molecule has 0 radical (unpaired) electrons. The van der Waals surface area contributed by atoms with Crippen LogP contribution >= 0.6 is 0 Å². The van der Waals surface area contributed by atoms with Crippen LogP contribution in [0.2, 0.25) is 0 Å². The highest BCUT2D eigenvalue weighted by Crippen LogP contribution is 2.35. The average Bonchev–Trinajstić information content (AvgIpc) is 3.12. The lowest BCUT2D eigenvalue weighted by Crippen LogP contribution is -2.34. The summed E-state index contributed by atoms with van der Waals surface area (Å²) in [6, 6.07) is 2.16. The number of aliphatic imine (C=N–C) groups is 1. The molecule has 8 nitrogen and oxygen atoms in total. The van der Waals surface area contributed by atoms with E-state index >= 15 is 0 Å². The minimum absolute atomic E-state index is 0.0409. The standard InChI is InChI=1S/C20H21N7O/c1-13-23-9-14(15-10-25-27(2)12-15)7-17-19(26-13)11-24-18(8-21)20(17)28-16-3-5-22-6-4-16/h7,9-12,16,22,26H,1,3-6H2,2H3. The van der Waals surface area contributed by atoms with E-state index in [0.29, 0.717) is 17.3 Å². The van der Waals surface area contributed by atoms with E-state index in [0.717, 1.165) is 42.6 Å². The number of aromatic nitrogens is 3. The van der Waals surface area contributed by atoms with Gasteiger partial charge in [0.1, 0.15) is 18.0 Å². The topological polar surface area (TPSA) is 100 Å². The van der Waals surface area contributed by atoms with Gasteiger partial charge in [-0.1, -0.05) is 6.58 Å². The van der Waals surface area contributed by atoms with Crippen LogP contribution in [0, 0.1) is 11.3 Å². The Balaban J connectivity index is 1.85. The highest BCUT2D eigenvalue weighted by atomic mass is 16.5. The molecule has 8 heteroatoms. The van der Waals surface area contributed by atoms with E-state index in [1.165, 1.54) is 0 Å². The Hall–Kier alpha value is -3.44. The third-order valence-electron chi connectivity index (χ3n) is 4.73. The normalized spacial score (nSPS) is 17.0. The zero-order valence-electron chi connectivity index (χ0n) is 15.6. The van der Waals surface area contributed by atoms with Gasteiger partial charge < -0.3 is 15.4 Å². The van der Waals surface area contributed by atoms with Crippen molar-refractivity contribution >= 4 is 23.6 Å². The van der Waals surface area contributed by atoms with Crippen molar-refractivity contribution < 1.29 is 4.74 Å². The number of nitrogens with zero attached hydrogens (tertiary/aromatic N) is 5. The fourth-order valence-corrected chi connectivity index (χ4v) is 3.29. The van der Waals surface area contributed by atoms with E-state index in [2.05, 4.69) is 38.4 Å². The number of fused-ring (bicyclic) bond motifs is 1. The van der Waals surface area contributed by atoms with Gasteiger partial charge in [0, 0.05) is 36.2 Å². The van der Waals surface area contributed by atoms with E-state index in [-0.39, 0.29) is 11.8 Å². The first kappa shape index (κ1) is 17.9. The highest BCUT2D eigenvalue weighted by Gasteiger charge is 2.22. The number of hydrogen-bond donors (Lipinski definition) is 2.